The van der Waals surface area contributed by atoms with Gasteiger partial charge >= 0.3 is 0 Å². The van der Waals surface area contributed by atoms with Gasteiger partial charge in [0.2, 0.25) is 5.91 Å². The zero-order valence-corrected chi connectivity index (χ0v) is 18.8. The highest BCUT2D eigenvalue weighted by molar-refractivity contribution is 7.90. The molecule has 0 saturated carbocycles. The van der Waals surface area contributed by atoms with Crippen molar-refractivity contribution >= 4 is 43.9 Å². The van der Waals surface area contributed by atoms with Gasteiger partial charge in [-0.1, -0.05) is 66.2 Å². The molecule has 0 N–H and O–H groups in total. The molecular formula is C25H21ClN2O3S. The third-order valence-electron chi connectivity index (χ3n) is 5.88. The van der Waals surface area contributed by atoms with Crippen LogP contribution in [0.4, 0.5) is 5.69 Å². The van der Waals surface area contributed by atoms with Crippen LogP contribution < -0.4 is 4.90 Å². The van der Waals surface area contributed by atoms with Crippen molar-refractivity contribution in [2.75, 3.05) is 11.4 Å². The lowest BCUT2D eigenvalue weighted by Crippen LogP contribution is -2.32. The van der Waals surface area contributed by atoms with Gasteiger partial charge in [-0.2, -0.15) is 0 Å². The Morgan fingerprint density at radius 1 is 0.938 bits per heavy atom. The number of amides is 1. The van der Waals surface area contributed by atoms with Crippen molar-refractivity contribution in [1.82, 2.24) is 4.57 Å². The Kier molecular flexibility index (Phi) is 5.27. The van der Waals surface area contributed by atoms with Crippen LogP contribution in [0.5, 0.6) is 0 Å². The van der Waals surface area contributed by atoms with Gasteiger partial charge in [-0.05, 0) is 35.7 Å². The zero-order chi connectivity index (χ0) is 22.3. The maximum absolute atomic E-state index is 13.3. The average molecular weight is 465 g/mol. The minimum Gasteiger partial charge on any atom is -0.337 e. The molecule has 1 amide bonds. The minimum absolute atomic E-state index is 0.0641. The van der Waals surface area contributed by atoms with Crippen LogP contribution in [0.1, 0.15) is 11.1 Å². The van der Waals surface area contributed by atoms with E-state index < -0.39 is 9.84 Å². The Balaban J connectivity index is 1.50. The lowest BCUT2D eigenvalue weighted by molar-refractivity contribution is -0.119. The van der Waals surface area contributed by atoms with Gasteiger partial charge in [0.25, 0.3) is 0 Å². The highest BCUT2D eigenvalue weighted by Gasteiger charge is 2.27. The maximum Gasteiger partial charge on any atom is 0.246 e. The van der Waals surface area contributed by atoms with Crippen LogP contribution >= 0.6 is 11.6 Å². The normalized spacial score (nSPS) is 13.5. The van der Waals surface area contributed by atoms with Crippen molar-refractivity contribution in [2.45, 2.75) is 23.6 Å². The summed E-state index contributed by atoms with van der Waals surface area (Å²) in [7, 11) is -3.68. The van der Waals surface area contributed by atoms with Gasteiger partial charge < -0.3 is 9.47 Å². The molecule has 5 rings (SSSR count). The molecule has 0 aliphatic carbocycles. The fourth-order valence-electron chi connectivity index (χ4n) is 4.32. The maximum atomic E-state index is 13.3. The second kappa shape index (κ2) is 8.11. The number of carbonyl (C=O) groups is 1. The molecule has 3 aromatic carbocycles. The fourth-order valence-corrected chi connectivity index (χ4v) is 6.21. The van der Waals surface area contributed by atoms with Gasteiger partial charge in [-0.25, -0.2) is 8.42 Å². The molecule has 5 nitrogen and oxygen atoms in total. The molecule has 1 aliphatic heterocycles. The molecule has 0 bridgehead atoms. The number of benzene rings is 3. The van der Waals surface area contributed by atoms with Crippen molar-refractivity contribution in [1.29, 1.82) is 0 Å². The van der Waals surface area contributed by atoms with Gasteiger partial charge in [0, 0.05) is 34.4 Å². The molecule has 0 radical (unpaired) electrons. The number of rotatable bonds is 5. The van der Waals surface area contributed by atoms with Crippen LogP contribution in [0.2, 0.25) is 5.02 Å². The molecular weight excluding hydrogens is 444 g/mol. The number of halogens is 1. The lowest BCUT2D eigenvalue weighted by atomic mass is 10.2. The summed E-state index contributed by atoms with van der Waals surface area (Å²) >= 11 is 6.20. The summed E-state index contributed by atoms with van der Waals surface area (Å²) in [5.41, 5.74) is 3.35. The zero-order valence-electron chi connectivity index (χ0n) is 17.2. The molecule has 4 aromatic rings. The van der Waals surface area contributed by atoms with Gasteiger partial charge in [-0.15, -0.1) is 0 Å². The van der Waals surface area contributed by atoms with Crippen LogP contribution in [-0.2, 0) is 33.4 Å². The molecule has 162 valence electrons. The van der Waals surface area contributed by atoms with Crippen LogP contribution in [0, 0.1) is 0 Å². The number of carbonyl (C=O) groups excluding carboxylic acids is 1. The standard InChI is InChI=1S/C25H21ClN2O3S/c26-21-10-4-1-8-19(21)17-32(30,31)24-15-27(23-12-6-3-9-20(23)24)16-25(29)28-14-13-18-7-2-5-11-22(18)28/h1-12,15H,13-14,16-17H2. The van der Waals surface area contributed by atoms with Crippen LogP contribution in [0.3, 0.4) is 0 Å². The van der Waals surface area contributed by atoms with E-state index in [-0.39, 0.29) is 23.1 Å². The van der Waals surface area contributed by atoms with Crippen LogP contribution in [0.25, 0.3) is 10.9 Å². The van der Waals surface area contributed by atoms with Crippen molar-refractivity contribution in [3.05, 3.63) is 95.1 Å². The summed E-state index contributed by atoms with van der Waals surface area (Å²) in [6.07, 6.45) is 2.41. The SMILES string of the molecule is O=C(Cn1cc(S(=O)(=O)Cc2ccccc2Cl)c2ccccc21)N1CCc2ccccc21. The summed E-state index contributed by atoms with van der Waals surface area (Å²) < 4.78 is 28.4. The van der Waals surface area contributed by atoms with Crippen molar-refractivity contribution in [2.24, 2.45) is 0 Å². The summed E-state index contributed by atoms with van der Waals surface area (Å²) in [4.78, 5) is 15.1. The topological polar surface area (TPSA) is 59.4 Å². The molecule has 1 aliphatic rings. The number of nitrogens with zero attached hydrogens (tertiary/aromatic N) is 2. The largest absolute Gasteiger partial charge is 0.337 e. The summed E-state index contributed by atoms with van der Waals surface area (Å²) in [5.74, 6) is -0.264. The second-order valence-corrected chi connectivity index (χ2v) is 10.3. The predicted octanol–water partition coefficient (Wildman–Crippen LogP) is 4.86. The first-order chi connectivity index (χ1) is 15.4. The number of sulfone groups is 1. The molecule has 0 fully saturated rings. The number of fused-ring (bicyclic) bond motifs is 2. The van der Waals surface area contributed by atoms with Crippen molar-refractivity contribution in [3.8, 4) is 0 Å². The quantitative estimate of drug-likeness (QED) is 0.424. The monoisotopic (exact) mass is 464 g/mol. The molecule has 32 heavy (non-hydrogen) atoms. The highest BCUT2D eigenvalue weighted by Crippen LogP contribution is 2.31. The molecule has 0 spiro atoms. The van der Waals surface area contributed by atoms with E-state index >= 15 is 0 Å². The fraction of sp³-hybridized carbons (Fsp3) is 0.160. The van der Waals surface area contributed by atoms with Gasteiger partial charge in [0.05, 0.1) is 10.6 Å². The van der Waals surface area contributed by atoms with Crippen LogP contribution in [0.15, 0.2) is 83.9 Å². The Labute approximate surface area is 191 Å². The number of para-hydroxylation sites is 2. The lowest BCUT2D eigenvalue weighted by Gasteiger charge is -2.18. The third-order valence-corrected chi connectivity index (χ3v) is 7.94. The second-order valence-electron chi connectivity index (χ2n) is 7.91. The van der Waals surface area contributed by atoms with E-state index in [9.17, 15) is 13.2 Å². The minimum atomic E-state index is -3.68. The molecule has 1 aromatic heterocycles. The van der Waals surface area contributed by atoms with E-state index in [1.807, 2.05) is 36.4 Å². The van der Waals surface area contributed by atoms with E-state index in [4.69, 9.17) is 11.6 Å². The first-order valence-corrected chi connectivity index (χ1v) is 12.4. The van der Waals surface area contributed by atoms with Gasteiger partial charge in [0.1, 0.15) is 6.54 Å². The van der Waals surface area contributed by atoms with Crippen molar-refractivity contribution in [3.63, 3.8) is 0 Å². The number of aromatic nitrogens is 1. The van der Waals surface area contributed by atoms with Gasteiger partial charge in [-0.3, -0.25) is 4.79 Å². The van der Waals surface area contributed by atoms with E-state index in [2.05, 4.69) is 0 Å². The molecule has 0 atom stereocenters. The summed E-state index contributed by atoms with van der Waals surface area (Å²) in [5, 5.41) is 1.02. The highest BCUT2D eigenvalue weighted by atomic mass is 35.5. The number of hydrogen-bond donors (Lipinski definition) is 0. The van der Waals surface area contributed by atoms with E-state index in [0.29, 0.717) is 28.0 Å². The Hall–Kier alpha value is -3.09. The summed E-state index contributed by atoms with van der Waals surface area (Å²) in [6, 6.07) is 22.1. The number of anilines is 1. The van der Waals surface area contributed by atoms with E-state index in [0.717, 1.165) is 17.7 Å². The number of hydrogen-bond acceptors (Lipinski definition) is 3. The molecule has 7 heteroatoms. The van der Waals surface area contributed by atoms with E-state index in [1.165, 1.54) is 0 Å². The average Bonchev–Trinajstić information content (AvgIpc) is 3.38. The Bertz CT molecular complexity index is 1440. The predicted molar refractivity (Wildman–Crippen MR) is 127 cm³/mol. The first kappa shape index (κ1) is 20.8. The Morgan fingerprint density at radius 3 is 2.50 bits per heavy atom. The van der Waals surface area contributed by atoms with Crippen molar-refractivity contribution < 1.29 is 13.2 Å². The molecule has 0 saturated heterocycles. The summed E-state index contributed by atoms with van der Waals surface area (Å²) in [6.45, 7) is 0.700. The Morgan fingerprint density at radius 2 is 1.66 bits per heavy atom. The van der Waals surface area contributed by atoms with Crippen LogP contribution in [-0.4, -0.2) is 25.4 Å². The molecule has 2 heterocycles. The third kappa shape index (κ3) is 3.70. The van der Waals surface area contributed by atoms with E-state index in [1.54, 1.807) is 52.1 Å². The first-order valence-electron chi connectivity index (χ1n) is 10.4. The smallest absolute Gasteiger partial charge is 0.246 e. The van der Waals surface area contributed by atoms with Gasteiger partial charge in [0.15, 0.2) is 9.84 Å². The molecule has 0 unspecified atom stereocenters.